The van der Waals surface area contributed by atoms with Gasteiger partial charge in [0.05, 0.1) is 24.2 Å². The SMILES string of the molecule is COC(=O)c1cc(NCc2nc(CC(C)C)no2)ccc1Cl. The van der Waals surface area contributed by atoms with Gasteiger partial charge >= 0.3 is 5.97 Å². The first-order valence-electron chi connectivity index (χ1n) is 6.92. The maximum absolute atomic E-state index is 11.6. The molecule has 6 nitrogen and oxygen atoms in total. The molecule has 7 heteroatoms. The summed E-state index contributed by atoms with van der Waals surface area (Å²) >= 11 is 5.97. The number of nitrogens with zero attached hydrogens (tertiary/aromatic N) is 2. The number of hydrogen-bond acceptors (Lipinski definition) is 6. The highest BCUT2D eigenvalue weighted by atomic mass is 35.5. The Balaban J connectivity index is 2.02. The van der Waals surface area contributed by atoms with Crippen LogP contribution in [0.5, 0.6) is 0 Å². The van der Waals surface area contributed by atoms with Crippen LogP contribution in [0.1, 0.15) is 35.9 Å². The average molecular weight is 324 g/mol. The third-order valence-electron chi connectivity index (χ3n) is 2.92. The number of aromatic nitrogens is 2. The number of anilines is 1. The maximum atomic E-state index is 11.6. The van der Waals surface area contributed by atoms with E-state index in [1.165, 1.54) is 7.11 Å². The number of carbonyl (C=O) groups excluding carboxylic acids is 1. The van der Waals surface area contributed by atoms with Crippen LogP contribution in [0.2, 0.25) is 5.02 Å². The fourth-order valence-corrected chi connectivity index (χ4v) is 2.08. The molecule has 1 aromatic heterocycles. The first-order chi connectivity index (χ1) is 10.5. The molecular formula is C15H18ClN3O3. The molecule has 0 amide bonds. The minimum Gasteiger partial charge on any atom is -0.465 e. The van der Waals surface area contributed by atoms with Gasteiger partial charge in [-0.25, -0.2) is 4.79 Å². The summed E-state index contributed by atoms with van der Waals surface area (Å²) in [6.07, 6.45) is 0.775. The van der Waals surface area contributed by atoms with Gasteiger partial charge in [-0.15, -0.1) is 0 Å². The van der Waals surface area contributed by atoms with E-state index in [0.717, 1.165) is 6.42 Å². The van der Waals surface area contributed by atoms with Crippen LogP contribution in [0, 0.1) is 5.92 Å². The Morgan fingerprint density at radius 1 is 1.45 bits per heavy atom. The summed E-state index contributed by atoms with van der Waals surface area (Å²) in [6.45, 7) is 4.56. The smallest absolute Gasteiger partial charge is 0.339 e. The van der Waals surface area contributed by atoms with E-state index >= 15 is 0 Å². The molecule has 0 fully saturated rings. The number of halogens is 1. The third kappa shape index (κ3) is 4.21. The number of rotatable bonds is 6. The Bertz CT molecular complexity index is 655. The Hall–Kier alpha value is -2.08. The molecule has 118 valence electrons. The van der Waals surface area contributed by atoms with Crippen molar-refractivity contribution in [1.82, 2.24) is 10.1 Å². The molecule has 1 heterocycles. The highest BCUT2D eigenvalue weighted by molar-refractivity contribution is 6.33. The number of carbonyl (C=O) groups is 1. The number of methoxy groups -OCH3 is 1. The van der Waals surface area contributed by atoms with Gasteiger partial charge in [0, 0.05) is 12.1 Å². The molecule has 22 heavy (non-hydrogen) atoms. The summed E-state index contributed by atoms with van der Waals surface area (Å²) in [6, 6.07) is 5.02. The van der Waals surface area contributed by atoms with Crippen LogP contribution in [0.15, 0.2) is 22.7 Å². The van der Waals surface area contributed by atoms with Crippen molar-refractivity contribution in [2.75, 3.05) is 12.4 Å². The standard InChI is InChI=1S/C15H18ClN3O3/c1-9(2)6-13-18-14(22-19-13)8-17-10-4-5-12(16)11(7-10)15(20)21-3/h4-5,7,9,17H,6,8H2,1-3H3. The van der Waals surface area contributed by atoms with Gasteiger partial charge in [-0.05, 0) is 24.1 Å². The van der Waals surface area contributed by atoms with E-state index in [-0.39, 0.29) is 0 Å². The molecule has 0 aliphatic rings. The number of hydrogen-bond donors (Lipinski definition) is 1. The number of nitrogens with one attached hydrogen (secondary N) is 1. The summed E-state index contributed by atoms with van der Waals surface area (Å²) in [7, 11) is 1.31. The maximum Gasteiger partial charge on any atom is 0.339 e. The lowest BCUT2D eigenvalue weighted by molar-refractivity contribution is 0.0601. The van der Waals surface area contributed by atoms with Crippen LogP contribution in [0.4, 0.5) is 5.69 Å². The van der Waals surface area contributed by atoms with Gasteiger partial charge in [-0.1, -0.05) is 30.6 Å². The predicted octanol–water partition coefficient (Wildman–Crippen LogP) is 3.32. The molecular weight excluding hydrogens is 306 g/mol. The Morgan fingerprint density at radius 2 is 2.23 bits per heavy atom. The topological polar surface area (TPSA) is 77.2 Å². The average Bonchev–Trinajstić information content (AvgIpc) is 2.92. The molecule has 0 atom stereocenters. The largest absolute Gasteiger partial charge is 0.465 e. The lowest BCUT2D eigenvalue weighted by Gasteiger charge is -2.07. The van der Waals surface area contributed by atoms with Crippen molar-refractivity contribution < 1.29 is 14.1 Å². The van der Waals surface area contributed by atoms with Crippen molar-refractivity contribution >= 4 is 23.3 Å². The summed E-state index contributed by atoms with van der Waals surface area (Å²) in [5.41, 5.74) is 1.02. The zero-order valence-corrected chi connectivity index (χ0v) is 13.5. The van der Waals surface area contributed by atoms with Gasteiger partial charge < -0.3 is 14.6 Å². The molecule has 2 rings (SSSR count). The number of benzene rings is 1. The number of ether oxygens (including phenoxy) is 1. The molecule has 0 radical (unpaired) electrons. The fraction of sp³-hybridized carbons (Fsp3) is 0.400. The zero-order valence-electron chi connectivity index (χ0n) is 12.7. The number of esters is 1. The van der Waals surface area contributed by atoms with Crippen molar-refractivity contribution in [3.8, 4) is 0 Å². The lowest BCUT2D eigenvalue weighted by atomic mass is 10.1. The lowest BCUT2D eigenvalue weighted by Crippen LogP contribution is -2.05. The van der Waals surface area contributed by atoms with Gasteiger partial charge in [0.1, 0.15) is 0 Å². The molecule has 0 spiro atoms. The van der Waals surface area contributed by atoms with E-state index < -0.39 is 5.97 Å². The monoisotopic (exact) mass is 323 g/mol. The molecule has 0 saturated carbocycles. The molecule has 0 aliphatic heterocycles. The molecule has 1 aromatic carbocycles. The normalized spacial score (nSPS) is 10.8. The minimum absolute atomic E-state index is 0.306. The highest BCUT2D eigenvalue weighted by Crippen LogP contribution is 2.21. The predicted molar refractivity (Wildman–Crippen MR) is 83.0 cm³/mol. The van der Waals surface area contributed by atoms with Crippen LogP contribution in [0.25, 0.3) is 0 Å². The van der Waals surface area contributed by atoms with E-state index in [9.17, 15) is 4.79 Å². The van der Waals surface area contributed by atoms with Crippen molar-refractivity contribution in [2.45, 2.75) is 26.8 Å². The Kier molecular flexibility index (Phi) is 5.38. The van der Waals surface area contributed by atoms with Crippen molar-refractivity contribution in [1.29, 1.82) is 0 Å². The van der Waals surface area contributed by atoms with Gasteiger partial charge in [-0.3, -0.25) is 0 Å². The highest BCUT2D eigenvalue weighted by Gasteiger charge is 2.12. The Morgan fingerprint density at radius 3 is 2.91 bits per heavy atom. The molecule has 0 bridgehead atoms. The van der Waals surface area contributed by atoms with E-state index in [0.29, 0.717) is 40.5 Å². The quantitative estimate of drug-likeness (QED) is 0.822. The summed E-state index contributed by atoms with van der Waals surface area (Å²) < 4.78 is 9.85. The van der Waals surface area contributed by atoms with Crippen LogP contribution >= 0.6 is 11.6 Å². The molecule has 1 N–H and O–H groups in total. The second kappa shape index (κ2) is 7.26. The van der Waals surface area contributed by atoms with Crippen LogP contribution < -0.4 is 5.32 Å². The van der Waals surface area contributed by atoms with Gasteiger partial charge in [0.25, 0.3) is 0 Å². The van der Waals surface area contributed by atoms with Crippen molar-refractivity contribution in [3.05, 3.63) is 40.5 Å². The third-order valence-corrected chi connectivity index (χ3v) is 3.25. The zero-order chi connectivity index (χ0) is 16.1. The molecule has 2 aromatic rings. The first-order valence-corrected chi connectivity index (χ1v) is 7.30. The molecule has 0 aliphatic carbocycles. The first kappa shape index (κ1) is 16.3. The van der Waals surface area contributed by atoms with Gasteiger partial charge in [-0.2, -0.15) is 4.98 Å². The van der Waals surface area contributed by atoms with E-state index in [1.54, 1.807) is 18.2 Å². The van der Waals surface area contributed by atoms with Crippen molar-refractivity contribution in [3.63, 3.8) is 0 Å². The summed E-state index contributed by atoms with van der Waals surface area (Å²) in [5, 5.41) is 7.37. The Labute approximate surface area is 133 Å². The van der Waals surface area contributed by atoms with E-state index in [2.05, 4.69) is 34.0 Å². The fourth-order valence-electron chi connectivity index (χ4n) is 1.89. The van der Waals surface area contributed by atoms with Crippen LogP contribution in [-0.2, 0) is 17.7 Å². The van der Waals surface area contributed by atoms with Gasteiger partial charge in [0.2, 0.25) is 5.89 Å². The second-order valence-electron chi connectivity index (χ2n) is 5.24. The molecule has 0 saturated heterocycles. The van der Waals surface area contributed by atoms with Gasteiger partial charge in [0.15, 0.2) is 5.82 Å². The van der Waals surface area contributed by atoms with Crippen LogP contribution in [-0.4, -0.2) is 23.2 Å². The summed E-state index contributed by atoms with van der Waals surface area (Å²) in [4.78, 5) is 15.9. The summed E-state index contributed by atoms with van der Waals surface area (Å²) in [5.74, 6) is 1.17. The molecule has 0 unspecified atom stereocenters. The second-order valence-corrected chi connectivity index (χ2v) is 5.65. The van der Waals surface area contributed by atoms with E-state index in [4.69, 9.17) is 16.1 Å². The van der Waals surface area contributed by atoms with Crippen LogP contribution in [0.3, 0.4) is 0 Å². The minimum atomic E-state index is -0.481. The van der Waals surface area contributed by atoms with E-state index in [1.807, 2.05) is 0 Å². The van der Waals surface area contributed by atoms with Crippen molar-refractivity contribution in [2.24, 2.45) is 5.92 Å².